The number of hydrogen-bond donors (Lipinski definition) is 0. The van der Waals surface area contributed by atoms with E-state index in [1.807, 2.05) is 58.6 Å². The number of aliphatic imine (C=N–C) groups is 1. The molecule has 0 aliphatic carbocycles. The van der Waals surface area contributed by atoms with Crippen molar-refractivity contribution in [2.75, 3.05) is 34.2 Å². The van der Waals surface area contributed by atoms with Crippen LogP contribution in [0.15, 0.2) is 35.5 Å². The van der Waals surface area contributed by atoms with Crippen molar-refractivity contribution >= 4 is 37.1 Å². The summed E-state index contributed by atoms with van der Waals surface area (Å²) < 4.78 is 45.1. The Morgan fingerprint density at radius 2 is 1.81 bits per heavy atom. The zero-order valence-corrected chi connectivity index (χ0v) is 34.9. The minimum atomic E-state index is -2.22. The van der Waals surface area contributed by atoms with Gasteiger partial charge in [-0.2, -0.15) is 0 Å². The molecule has 2 saturated heterocycles. The van der Waals surface area contributed by atoms with Gasteiger partial charge in [0.05, 0.1) is 13.2 Å². The molecule has 1 spiro atoms. The first-order chi connectivity index (χ1) is 24.5. The lowest BCUT2D eigenvalue weighted by molar-refractivity contribution is -0.159. The lowest BCUT2D eigenvalue weighted by Crippen LogP contribution is -2.75. The summed E-state index contributed by atoms with van der Waals surface area (Å²) in [5.74, 6) is 0.933. The first-order valence-corrected chi connectivity index (χ1v) is 21.6. The van der Waals surface area contributed by atoms with Crippen LogP contribution < -0.4 is 9.47 Å². The number of benzene rings is 1. The maximum Gasteiger partial charge on any atom is 0.419 e. The van der Waals surface area contributed by atoms with Crippen LogP contribution >= 0.6 is 0 Å². The number of hydrogen-bond acceptors (Lipinski definition) is 10. The number of rotatable bonds is 8. The normalized spacial score (nSPS) is 28.1. The molecule has 7 rings (SSSR count). The molecule has 292 valence electrons. The van der Waals surface area contributed by atoms with Crippen molar-refractivity contribution in [3.8, 4) is 11.5 Å². The summed E-state index contributed by atoms with van der Waals surface area (Å²) in [6.45, 7) is 27.7. The first kappa shape index (κ1) is 39.3. The fourth-order valence-corrected chi connectivity index (χ4v) is 9.68. The van der Waals surface area contributed by atoms with E-state index >= 15 is 0 Å². The van der Waals surface area contributed by atoms with Crippen molar-refractivity contribution in [2.45, 2.75) is 134 Å². The molecule has 13 heteroatoms. The molecule has 6 heterocycles. The maximum absolute atomic E-state index is 14.9. The van der Waals surface area contributed by atoms with E-state index < -0.39 is 36.7 Å². The Morgan fingerprint density at radius 3 is 2.42 bits per heavy atom. The highest BCUT2D eigenvalue weighted by Crippen LogP contribution is 2.56. The summed E-state index contributed by atoms with van der Waals surface area (Å²) in [6.07, 6.45) is 1.79. The standard InChI is InChI=1S/C40H59N3O9Si/c1-24(2)27-20-40-29(49-23-46-11)17-18-43(40)34(44)39(27,41-33(40)47-12)19-25-21-42(35(45)51-36(3,4)5)31-26(25)15-16-28-32(31)48-22-30(38(9,10)50-28)52-53(13,14)37(6,7)8/h15-16,21,27,29-30H,1,17-20,22-23H2,2-14H3/t27-,29-,30?,39-,40+/m0/s1. The van der Waals surface area contributed by atoms with Crippen molar-refractivity contribution in [2.24, 2.45) is 10.9 Å². The number of fused-ring (bicyclic) bond motifs is 4. The fraction of sp³-hybridized carbons (Fsp3) is 0.675. The van der Waals surface area contributed by atoms with E-state index in [9.17, 15) is 9.59 Å². The number of methoxy groups -OCH3 is 2. The highest BCUT2D eigenvalue weighted by Gasteiger charge is 2.71. The molecule has 1 unspecified atom stereocenters. The van der Waals surface area contributed by atoms with Crippen LogP contribution in [0.2, 0.25) is 18.1 Å². The van der Waals surface area contributed by atoms with E-state index in [0.717, 1.165) is 16.5 Å². The Morgan fingerprint density at radius 1 is 1.11 bits per heavy atom. The summed E-state index contributed by atoms with van der Waals surface area (Å²) in [6, 6.07) is 3.80. The molecule has 53 heavy (non-hydrogen) atoms. The molecule has 5 aliphatic heterocycles. The quantitative estimate of drug-likeness (QED) is 0.156. The molecule has 2 bridgehead atoms. The number of carbonyl (C=O) groups excluding carboxylic acids is 2. The van der Waals surface area contributed by atoms with E-state index in [1.54, 1.807) is 20.4 Å². The van der Waals surface area contributed by atoms with Crippen molar-refractivity contribution in [1.29, 1.82) is 0 Å². The summed E-state index contributed by atoms with van der Waals surface area (Å²) >= 11 is 0. The SMILES string of the molecule is C=C(C)[C@@H]1C[C@@]23C(OC)=N[C@]1(Cc1cn(C(=O)OC(C)(C)C)c4c5c(ccc14)OC(C)(C)C(O[Si](C)(C)C(C)(C)C)CO5)C(=O)N2CC[C@@H]3OCOC. The Hall–Kier alpha value is -3.39. The maximum atomic E-state index is 14.9. The summed E-state index contributed by atoms with van der Waals surface area (Å²) in [5.41, 5.74) is -1.58. The van der Waals surface area contributed by atoms with Gasteiger partial charge >= 0.3 is 6.09 Å². The number of aromatic nitrogens is 1. The molecule has 12 nitrogen and oxygen atoms in total. The zero-order chi connectivity index (χ0) is 39.1. The van der Waals surface area contributed by atoms with Crippen LogP contribution in [0.3, 0.4) is 0 Å². The van der Waals surface area contributed by atoms with Crippen LogP contribution in [0.1, 0.15) is 80.7 Å². The second-order valence-electron chi connectivity index (χ2n) is 18.2. The zero-order valence-electron chi connectivity index (χ0n) is 33.9. The Labute approximate surface area is 315 Å². The average molecular weight is 754 g/mol. The predicted molar refractivity (Wildman–Crippen MR) is 205 cm³/mol. The van der Waals surface area contributed by atoms with Crippen LogP contribution in [0.5, 0.6) is 11.5 Å². The van der Waals surface area contributed by atoms with Gasteiger partial charge in [-0.15, -0.1) is 0 Å². The van der Waals surface area contributed by atoms with Gasteiger partial charge in [0, 0.05) is 37.6 Å². The monoisotopic (exact) mass is 753 g/mol. The highest BCUT2D eigenvalue weighted by molar-refractivity contribution is 6.74. The molecule has 2 aromatic rings. The van der Waals surface area contributed by atoms with E-state index in [-0.39, 0.29) is 48.9 Å². The minimum Gasteiger partial charge on any atom is -0.485 e. The second kappa shape index (κ2) is 13.1. The topological polar surface area (TPSA) is 119 Å². The van der Waals surface area contributed by atoms with Crippen molar-refractivity contribution < 1.29 is 42.4 Å². The number of amides is 1. The van der Waals surface area contributed by atoms with Crippen LogP contribution in [0.25, 0.3) is 10.9 Å². The van der Waals surface area contributed by atoms with Crippen LogP contribution in [0, 0.1) is 5.92 Å². The lowest BCUT2D eigenvalue weighted by Gasteiger charge is -2.58. The molecule has 2 fully saturated rings. The van der Waals surface area contributed by atoms with Gasteiger partial charge in [0.15, 0.2) is 25.4 Å². The Bertz CT molecular complexity index is 1840. The van der Waals surface area contributed by atoms with Crippen LogP contribution in [0.4, 0.5) is 4.79 Å². The van der Waals surface area contributed by atoms with Crippen molar-refractivity contribution in [3.63, 3.8) is 0 Å². The van der Waals surface area contributed by atoms with Crippen LogP contribution in [-0.2, 0) is 34.6 Å². The van der Waals surface area contributed by atoms with Crippen molar-refractivity contribution in [3.05, 3.63) is 36.0 Å². The number of piperidine rings is 1. The van der Waals surface area contributed by atoms with Crippen molar-refractivity contribution in [1.82, 2.24) is 9.47 Å². The number of nitrogens with zero attached hydrogens (tertiary/aromatic N) is 3. The average Bonchev–Trinajstić information content (AvgIpc) is 3.56. The van der Waals surface area contributed by atoms with E-state index in [0.29, 0.717) is 42.3 Å². The molecule has 1 amide bonds. The first-order valence-electron chi connectivity index (χ1n) is 18.7. The molecule has 1 aromatic carbocycles. The molecule has 0 radical (unpaired) electrons. The number of ether oxygens (including phenoxy) is 6. The molecular formula is C40H59N3O9Si. The highest BCUT2D eigenvalue weighted by atomic mass is 28.4. The summed E-state index contributed by atoms with van der Waals surface area (Å²) in [4.78, 5) is 36.1. The predicted octanol–water partition coefficient (Wildman–Crippen LogP) is 7.26. The third-order valence-corrected chi connectivity index (χ3v) is 16.5. The number of carbonyl (C=O) groups is 2. The Kier molecular flexibility index (Phi) is 9.74. The van der Waals surface area contributed by atoms with E-state index in [2.05, 4.69) is 40.4 Å². The van der Waals surface area contributed by atoms with Gasteiger partial charge in [0.2, 0.25) is 5.90 Å². The van der Waals surface area contributed by atoms with Gasteiger partial charge in [-0.25, -0.2) is 14.4 Å². The molecule has 5 atom stereocenters. The summed E-state index contributed by atoms with van der Waals surface area (Å²) in [5, 5.41) is 0.700. The largest absolute Gasteiger partial charge is 0.485 e. The van der Waals surface area contributed by atoms with Gasteiger partial charge in [-0.3, -0.25) is 4.79 Å². The molecule has 0 N–H and O–H groups in total. The summed E-state index contributed by atoms with van der Waals surface area (Å²) in [7, 11) is 0.956. The minimum absolute atomic E-state index is 0.0235. The molecular weight excluding hydrogens is 695 g/mol. The second-order valence-corrected chi connectivity index (χ2v) is 23.0. The van der Waals surface area contributed by atoms with Gasteiger partial charge in [0.1, 0.15) is 41.8 Å². The van der Waals surface area contributed by atoms with Gasteiger partial charge in [-0.1, -0.05) is 32.9 Å². The molecule has 0 saturated carbocycles. The third kappa shape index (κ3) is 6.38. The van der Waals surface area contributed by atoms with Gasteiger partial charge in [0.25, 0.3) is 5.91 Å². The molecule has 1 aromatic heterocycles. The van der Waals surface area contributed by atoms with E-state index in [4.69, 9.17) is 37.8 Å². The third-order valence-electron chi connectivity index (χ3n) is 12.0. The fourth-order valence-electron chi connectivity index (χ4n) is 8.27. The van der Waals surface area contributed by atoms with E-state index in [1.165, 1.54) is 4.57 Å². The lowest BCUT2D eigenvalue weighted by atomic mass is 9.62. The Balaban J connectivity index is 1.49. The van der Waals surface area contributed by atoms with Crippen LogP contribution in [-0.4, -0.2) is 104 Å². The smallest absolute Gasteiger partial charge is 0.419 e. The van der Waals surface area contributed by atoms with Gasteiger partial charge in [-0.05, 0) is 90.2 Å². The van der Waals surface area contributed by atoms with Gasteiger partial charge < -0.3 is 37.7 Å². The molecule has 5 aliphatic rings.